The van der Waals surface area contributed by atoms with E-state index in [1.54, 1.807) is 24.0 Å². The van der Waals surface area contributed by atoms with Crippen LogP contribution in [0.4, 0.5) is 9.18 Å². The number of amides is 4. The highest BCUT2D eigenvalue weighted by molar-refractivity contribution is 6.01. The van der Waals surface area contributed by atoms with Gasteiger partial charge < -0.3 is 10.2 Å². The molecular formula is C17H20FN3O3. The molecule has 2 fully saturated rings. The maximum Gasteiger partial charge on any atom is 0.325 e. The minimum atomic E-state index is -0.815. The zero-order valence-electron chi connectivity index (χ0n) is 13.5. The molecule has 2 saturated heterocycles. The fourth-order valence-corrected chi connectivity index (χ4v) is 3.26. The third-order valence-electron chi connectivity index (χ3n) is 4.60. The SMILES string of the molecule is CC(C(=O)N1CCCC1)N1C(=O)CC(c2ccc(F)cc2)NC1=O. The normalized spacial score (nSPS) is 22.5. The molecule has 0 bridgehead atoms. The summed E-state index contributed by atoms with van der Waals surface area (Å²) in [5, 5.41) is 2.73. The van der Waals surface area contributed by atoms with Crippen molar-refractivity contribution < 1.29 is 18.8 Å². The molecule has 6 nitrogen and oxygen atoms in total. The van der Waals surface area contributed by atoms with E-state index in [1.807, 2.05) is 0 Å². The summed E-state index contributed by atoms with van der Waals surface area (Å²) in [6, 6.07) is 3.76. The Hall–Kier alpha value is -2.44. The zero-order chi connectivity index (χ0) is 17.3. The molecule has 2 atom stereocenters. The number of hydrogen-bond acceptors (Lipinski definition) is 3. The van der Waals surface area contributed by atoms with Crippen molar-refractivity contribution in [3.63, 3.8) is 0 Å². The second-order valence-corrected chi connectivity index (χ2v) is 6.23. The first kappa shape index (κ1) is 16.4. The van der Waals surface area contributed by atoms with Gasteiger partial charge in [-0.3, -0.25) is 14.5 Å². The number of nitrogens with one attached hydrogen (secondary N) is 1. The van der Waals surface area contributed by atoms with Gasteiger partial charge in [-0.1, -0.05) is 12.1 Å². The van der Waals surface area contributed by atoms with Gasteiger partial charge in [-0.15, -0.1) is 0 Å². The molecule has 2 aliphatic rings. The third kappa shape index (κ3) is 3.11. The van der Waals surface area contributed by atoms with Crippen molar-refractivity contribution in [2.24, 2.45) is 0 Å². The molecule has 3 rings (SSSR count). The first-order valence-corrected chi connectivity index (χ1v) is 8.14. The van der Waals surface area contributed by atoms with Crippen LogP contribution in [0.5, 0.6) is 0 Å². The van der Waals surface area contributed by atoms with Crippen LogP contribution in [-0.4, -0.2) is 46.8 Å². The maximum absolute atomic E-state index is 13.0. The van der Waals surface area contributed by atoms with Gasteiger partial charge in [-0.2, -0.15) is 0 Å². The number of imide groups is 1. The highest BCUT2D eigenvalue weighted by Crippen LogP contribution is 2.24. The third-order valence-corrected chi connectivity index (χ3v) is 4.60. The molecule has 2 aliphatic heterocycles. The van der Waals surface area contributed by atoms with E-state index in [2.05, 4.69) is 5.32 Å². The van der Waals surface area contributed by atoms with Crippen LogP contribution in [0.1, 0.15) is 37.8 Å². The van der Waals surface area contributed by atoms with Crippen LogP contribution in [-0.2, 0) is 9.59 Å². The van der Waals surface area contributed by atoms with E-state index in [4.69, 9.17) is 0 Å². The Morgan fingerprint density at radius 1 is 1.21 bits per heavy atom. The molecule has 1 N–H and O–H groups in total. The highest BCUT2D eigenvalue weighted by Gasteiger charge is 2.39. The molecule has 2 heterocycles. The lowest BCUT2D eigenvalue weighted by Crippen LogP contribution is -2.58. The van der Waals surface area contributed by atoms with Gasteiger partial charge in [0.25, 0.3) is 0 Å². The van der Waals surface area contributed by atoms with E-state index in [9.17, 15) is 18.8 Å². The molecule has 0 spiro atoms. The van der Waals surface area contributed by atoms with Crippen LogP contribution in [0.15, 0.2) is 24.3 Å². The largest absolute Gasteiger partial charge is 0.341 e. The molecular weight excluding hydrogens is 313 g/mol. The number of rotatable bonds is 3. The summed E-state index contributed by atoms with van der Waals surface area (Å²) >= 11 is 0. The quantitative estimate of drug-likeness (QED) is 0.917. The first-order chi connectivity index (χ1) is 11.5. The fourth-order valence-electron chi connectivity index (χ4n) is 3.26. The van der Waals surface area contributed by atoms with E-state index in [0.29, 0.717) is 18.7 Å². The molecule has 7 heteroatoms. The standard InChI is InChI=1S/C17H20FN3O3/c1-11(16(23)20-8-2-3-9-20)21-15(22)10-14(19-17(21)24)12-4-6-13(18)7-5-12/h4-7,11,14H,2-3,8-10H2,1H3,(H,19,24). The zero-order valence-corrected chi connectivity index (χ0v) is 13.5. The van der Waals surface area contributed by atoms with Crippen LogP contribution in [0.2, 0.25) is 0 Å². The maximum atomic E-state index is 13.0. The number of halogens is 1. The predicted molar refractivity (Wildman–Crippen MR) is 84.4 cm³/mol. The number of benzene rings is 1. The van der Waals surface area contributed by atoms with Crippen molar-refractivity contribution in [3.8, 4) is 0 Å². The minimum absolute atomic E-state index is 0.0506. The molecule has 2 unspecified atom stereocenters. The summed E-state index contributed by atoms with van der Waals surface area (Å²) in [6.45, 7) is 2.92. The van der Waals surface area contributed by atoms with Crippen molar-refractivity contribution in [2.45, 2.75) is 38.3 Å². The molecule has 1 aromatic rings. The van der Waals surface area contributed by atoms with E-state index in [1.165, 1.54) is 12.1 Å². The van der Waals surface area contributed by atoms with Crippen molar-refractivity contribution in [1.82, 2.24) is 15.1 Å². The first-order valence-electron chi connectivity index (χ1n) is 8.14. The molecule has 0 aromatic heterocycles. The summed E-state index contributed by atoms with van der Waals surface area (Å²) < 4.78 is 13.0. The second kappa shape index (κ2) is 6.59. The van der Waals surface area contributed by atoms with Gasteiger partial charge in [0, 0.05) is 13.1 Å². The van der Waals surface area contributed by atoms with Crippen LogP contribution in [0, 0.1) is 5.82 Å². The Kier molecular flexibility index (Phi) is 4.51. The minimum Gasteiger partial charge on any atom is -0.341 e. The fraction of sp³-hybridized carbons (Fsp3) is 0.471. The van der Waals surface area contributed by atoms with Crippen LogP contribution in [0.3, 0.4) is 0 Å². The molecule has 1 aromatic carbocycles. The number of urea groups is 1. The molecule has 0 saturated carbocycles. The van der Waals surface area contributed by atoms with Crippen LogP contribution < -0.4 is 5.32 Å². The van der Waals surface area contributed by atoms with Gasteiger partial charge in [-0.05, 0) is 37.5 Å². The summed E-state index contributed by atoms with van der Waals surface area (Å²) in [5.74, 6) is -0.969. The molecule has 128 valence electrons. The number of likely N-dealkylation sites (tertiary alicyclic amines) is 1. The smallest absolute Gasteiger partial charge is 0.325 e. The van der Waals surface area contributed by atoms with Crippen LogP contribution in [0.25, 0.3) is 0 Å². The molecule has 4 amide bonds. The average molecular weight is 333 g/mol. The van der Waals surface area contributed by atoms with E-state index >= 15 is 0 Å². The van der Waals surface area contributed by atoms with Gasteiger partial charge in [0.05, 0.1) is 12.5 Å². The summed E-state index contributed by atoms with van der Waals surface area (Å²) in [4.78, 5) is 39.9. The van der Waals surface area contributed by atoms with Crippen molar-refractivity contribution in [1.29, 1.82) is 0 Å². The number of carbonyl (C=O) groups is 3. The summed E-state index contributed by atoms with van der Waals surface area (Å²) in [6.07, 6.45) is 1.95. The van der Waals surface area contributed by atoms with Gasteiger partial charge in [0.2, 0.25) is 11.8 Å². The Labute approximate surface area is 139 Å². The Bertz CT molecular complexity index is 638. The van der Waals surface area contributed by atoms with Crippen molar-refractivity contribution in [2.75, 3.05) is 13.1 Å². The highest BCUT2D eigenvalue weighted by atomic mass is 19.1. The molecule has 0 radical (unpaired) electrons. The van der Waals surface area contributed by atoms with Gasteiger partial charge in [-0.25, -0.2) is 9.18 Å². The van der Waals surface area contributed by atoms with E-state index in [-0.39, 0.29) is 18.1 Å². The number of nitrogens with zero attached hydrogens (tertiary/aromatic N) is 2. The summed E-state index contributed by atoms with van der Waals surface area (Å²) in [7, 11) is 0. The number of carbonyl (C=O) groups excluding carboxylic acids is 3. The monoisotopic (exact) mass is 333 g/mol. The predicted octanol–water partition coefficient (Wildman–Crippen LogP) is 1.82. The Morgan fingerprint density at radius 3 is 2.42 bits per heavy atom. The van der Waals surface area contributed by atoms with Gasteiger partial charge >= 0.3 is 6.03 Å². The second-order valence-electron chi connectivity index (χ2n) is 6.23. The van der Waals surface area contributed by atoms with E-state index in [0.717, 1.165) is 17.7 Å². The Morgan fingerprint density at radius 2 is 1.83 bits per heavy atom. The topological polar surface area (TPSA) is 69.7 Å². The van der Waals surface area contributed by atoms with Crippen LogP contribution >= 0.6 is 0 Å². The van der Waals surface area contributed by atoms with E-state index < -0.39 is 24.0 Å². The number of hydrogen-bond donors (Lipinski definition) is 1. The lowest BCUT2D eigenvalue weighted by atomic mass is 10.0. The average Bonchev–Trinajstić information content (AvgIpc) is 3.08. The lowest BCUT2D eigenvalue weighted by Gasteiger charge is -2.35. The summed E-state index contributed by atoms with van der Waals surface area (Å²) in [5.41, 5.74) is 0.663. The van der Waals surface area contributed by atoms with Gasteiger partial charge in [0.15, 0.2) is 0 Å². The van der Waals surface area contributed by atoms with Gasteiger partial charge in [0.1, 0.15) is 11.9 Å². The Balaban J connectivity index is 1.71. The lowest BCUT2D eigenvalue weighted by molar-refractivity contribution is -0.142. The molecule has 0 aliphatic carbocycles. The van der Waals surface area contributed by atoms with Crippen molar-refractivity contribution >= 4 is 17.8 Å². The molecule has 24 heavy (non-hydrogen) atoms. The van der Waals surface area contributed by atoms with Crippen molar-refractivity contribution in [3.05, 3.63) is 35.6 Å².